The summed E-state index contributed by atoms with van der Waals surface area (Å²) in [6.45, 7) is -2.90. The number of sulfonamides is 1. The van der Waals surface area contributed by atoms with E-state index in [9.17, 15) is 26.8 Å². The van der Waals surface area contributed by atoms with Crippen LogP contribution in [-0.4, -0.2) is 41.7 Å². The number of nitrogens with one attached hydrogen (secondary N) is 1. The lowest BCUT2D eigenvalue weighted by atomic mass is 10.4. The minimum Gasteiger partial charge on any atom is -0.390 e. The van der Waals surface area contributed by atoms with E-state index in [1.807, 2.05) is 0 Å². The summed E-state index contributed by atoms with van der Waals surface area (Å²) in [6, 6.07) is 0. The molecule has 0 aromatic carbocycles. The Morgan fingerprint density at radius 2 is 1.90 bits per heavy atom. The van der Waals surface area contributed by atoms with Crippen molar-refractivity contribution in [2.75, 3.05) is 13.2 Å². The zero-order chi connectivity index (χ0) is 15.7. The van der Waals surface area contributed by atoms with E-state index in [1.54, 1.807) is 0 Å². The fourth-order valence-electron chi connectivity index (χ4n) is 1.29. The van der Waals surface area contributed by atoms with Crippen LogP contribution in [0.2, 0.25) is 0 Å². The standard InChI is InChI=1S/C9H13F2N3O5S/c1-13-3-6(7(16)14(2)8(13)17)20(18,19)12-4-9(10,11)5-15/h3,12,15H,4-5H2,1-2H3. The molecule has 0 saturated carbocycles. The van der Waals surface area contributed by atoms with Gasteiger partial charge in [0.1, 0.15) is 6.61 Å². The number of alkyl halides is 2. The van der Waals surface area contributed by atoms with Crippen molar-refractivity contribution in [2.45, 2.75) is 10.8 Å². The lowest BCUT2D eigenvalue weighted by Crippen LogP contribution is -2.44. The van der Waals surface area contributed by atoms with E-state index in [1.165, 1.54) is 11.8 Å². The first kappa shape index (κ1) is 16.5. The van der Waals surface area contributed by atoms with Crippen LogP contribution in [0.3, 0.4) is 0 Å². The number of halogens is 2. The average molecular weight is 313 g/mol. The summed E-state index contributed by atoms with van der Waals surface area (Å²) in [5.74, 6) is -3.65. The van der Waals surface area contributed by atoms with Crippen molar-refractivity contribution in [3.8, 4) is 0 Å². The van der Waals surface area contributed by atoms with Crippen LogP contribution in [0.15, 0.2) is 20.7 Å². The fraction of sp³-hybridized carbons (Fsp3) is 0.556. The second kappa shape index (κ2) is 5.42. The minimum atomic E-state index is -4.53. The molecule has 2 N–H and O–H groups in total. The lowest BCUT2D eigenvalue weighted by Gasteiger charge is -2.14. The van der Waals surface area contributed by atoms with Crippen molar-refractivity contribution in [1.82, 2.24) is 13.9 Å². The van der Waals surface area contributed by atoms with Crippen molar-refractivity contribution < 1.29 is 22.3 Å². The smallest absolute Gasteiger partial charge is 0.330 e. The number of rotatable bonds is 5. The zero-order valence-corrected chi connectivity index (χ0v) is 11.4. The number of aliphatic hydroxyl groups excluding tert-OH is 1. The van der Waals surface area contributed by atoms with Gasteiger partial charge in [-0.2, -0.15) is 0 Å². The molecular weight excluding hydrogens is 300 g/mol. The van der Waals surface area contributed by atoms with Crippen LogP contribution in [0.1, 0.15) is 0 Å². The Kier molecular flexibility index (Phi) is 4.46. The van der Waals surface area contributed by atoms with E-state index in [4.69, 9.17) is 5.11 Å². The minimum absolute atomic E-state index is 0.540. The van der Waals surface area contributed by atoms with Gasteiger partial charge in [0.05, 0.1) is 6.54 Å². The van der Waals surface area contributed by atoms with Gasteiger partial charge in [-0.1, -0.05) is 0 Å². The first-order chi connectivity index (χ1) is 9.02. The molecule has 0 fully saturated rings. The predicted molar refractivity (Wildman–Crippen MR) is 64.1 cm³/mol. The number of aromatic nitrogens is 2. The fourth-order valence-corrected chi connectivity index (χ4v) is 2.51. The summed E-state index contributed by atoms with van der Waals surface area (Å²) in [4.78, 5) is 22.2. The van der Waals surface area contributed by atoms with Crippen molar-refractivity contribution >= 4 is 10.0 Å². The maximum Gasteiger partial charge on any atom is 0.330 e. The van der Waals surface area contributed by atoms with Crippen LogP contribution < -0.4 is 16.0 Å². The summed E-state index contributed by atoms with van der Waals surface area (Å²) in [6.07, 6.45) is 0.740. The highest BCUT2D eigenvalue weighted by atomic mass is 32.2. The topological polar surface area (TPSA) is 110 Å². The molecule has 0 atom stereocenters. The molecule has 0 saturated heterocycles. The third-order valence-corrected chi connectivity index (χ3v) is 3.84. The largest absolute Gasteiger partial charge is 0.390 e. The molecule has 1 aromatic rings. The van der Waals surface area contributed by atoms with E-state index in [2.05, 4.69) is 0 Å². The molecule has 0 radical (unpaired) electrons. The Morgan fingerprint density at radius 3 is 2.40 bits per heavy atom. The summed E-state index contributed by atoms with van der Waals surface area (Å²) in [5.41, 5.74) is -1.89. The van der Waals surface area contributed by atoms with Crippen LogP contribution in [0.25, 0.3) is 0 Å². The second-order valence-electron chi connectivity index (χ2n) is 4.09. The van der Waals surface area contributed by atoms with Gasteiger partial charge in [0.25, 0.3) is 11.5 Å². The number of aryl methyl sites for hydroxylation is 1. The predicted octanol–water partition coefficient (Wildman–Crippen LogP) is -2.01. The third kappa shape index (κ3) is 3.29. The van der Waals surface area contributed by atoms with Crippen molar-refractivity contribution in [1.29, 1.82) is 0 Å². The lowest BCUT2D eigenvalue weighted by molar-refractivity contribution is -0.0437. The molecule has 0 aliphatic rings. The van der Waals surface area contributed by atoms with Crippen LogP contribution in [0.5, 0.6) is 0 Å². The highest BCUT2D eigenvalue weighted by Crippen LogP contribution is 2.11. The molecule has 8 nitrogen and oxygen atoms in total. The third-order valence-electron chi connectivity index (χ3n) is 2.46. The number of nitrogens with zero attached hydrogens (tertiary/aromatic N) is 2. The first-order valence-corrected chi connectivity index (χ1v) is 6.75. The maximum absolute atomic E-state index is 12.8. The molecule has 11 heteroatoms. The molecule has 0 aliphatic heterocycles. The van der Waals surface area contributed by atoms with Crippen molar-refractivity contribution in [3.05, 3.63) is 27.0 Å². The van der Waals surface area contributed by atoms with Gasteiger partial charge < -0.3 is 9.67 Å². The van der Waals surface area contributed by atoms with Crippen LogP contribution in [0.4, 0.5) is 8.78 Å². The van der Waals surface area contributed by atoms with Gasteiger partial charge in [0.2, 0.25) is 10.0 Å². The zero-order valence-electron chi connectivity index (χ0n) is 10.6. The Bertz CT molecular complexity index is 722. The van der Waals surface area contributed by atoms with Gasteiger partial charge >= 0.3 is 5.69 Å². The van der Waals surface area contributed by atoms with E-state index in [-0.39, 0.29) is 0 Å². The molecule has 1 aromatic heterocycles. The van der Waals surface area contributed by atoms with Gasteiger partial charge in [-0.05, 0) is 0 Å². The quantitative estimate of drug-likeness (QED) is 0.652. The van der Waals surface area contributed by atoms with Gasteiger partial charge in [-0.25, -0.2) is 26.7 Å². The highest BCUT2D eigenvalue weighted by molar-refractivity contribution is 7.89. The van der Waals surface area contributed by atoms with Gasteiger partial charge in [0.15, 0.2) is 4.90 Å². The van der Waals surface area contributed by atoms with Crippen molar-refractivity contribution in [2.24, 2.45) is 14.1 Å². The summed E-state index contributed by atoms with van der Waals surface area (Å²) >= 11 is 0. The van der Waals surface area contributed by atoms with Crippen molar-refractivity contribution in [3.63, 3.8) is 0 Å². The molecule has 1 heterocycles. The molecule has 1 rings (SSSR count). The summed E-state index contributed by atoms with van der Waals surface area (Å²) in [7, 11) is -2.26. The van der Waals surface area contributed by atoms with E-state index in [0.717, 1.165) is 17.8 Å². The molecule has 20 heavy (non-hydrogen) atoms. The van der Waals surface area contributed by atoms with E-state index >= 15 is 0 Å². The molecule has 0 unspecified atom stereocenters. The number of hydrogen-bond acceptors (Lipinski definition) is 5. The number of aliphatic hydroxyl groups is 1. The second-order valence-corrected chi connectivity index (χ2v) is 5.82. The Balaban J connectivity index is 3.25. The first-order valence-electron chi connectivity index (χ1n) is 5.27. The van der Waals surface area contributed by atoms with Crippen LogP contribution in [-0.2, 0) is 24.1 Å². The van der Waals surface area contributed by atoms with Gasteiger partial charge in [0, 0.05) is 20.3 Å². The molecular formula is C9H13F2N3O5S. The van der Waals surface area contributed by atoms with E-state index < -0.39 is 45.2 Å². The summed E-state index contributed by atoms with van der Waals surface area (Å²) < 4.78 is 52.1. The van der Waals surface area contributed by atoms with Crippen LogP contribution in [0, 0.1) is 0 Å². The maximum atomic E-state index is 12.8. The molecule has 0 spiro atoms. The van der Waals surface area contributed by atoms with Gasteiger partial charge in [-0.15, -0.1) is 0 Å². The highest BCUT2D eigenvalue weighted by Gasteiger charge is 2.31. The Morgan fingerprint density at radius 1 is 1.35 bits per heavy atom. The average Bonchev–Trinajstić information content (AvgIpc) is 2.38. The van der Waals surface area contributed by atoms with Crippen LogP contribution >= 0.6 is 0 Å². The normalized spacial score (nSPS) is 12.7. The summed E-state index contributed by atoms with van der Waals surface area (Å²) in [5, 5.41) is 8.34. The SMILES string of the molecule is Cn1cc(S(=O)(=O)NCC(F)(F)CO)c(=O)n(C)c1=O. The monoisotopic (exact) mass is 313 g/mol. The molecule has 0 amide bonds. The van der Waals surface area contributed by atoms with E-state index in [0.29, 0.717) is 4.57 Å². The van der Waals surface area contributed by atoms with Gasteiger partial charge in [-0.3, -0.25) is 9.36 Å². The number of hydrogen-bond donors (Lipinski definition) is 2. The molecule has 114 valence electrons. The Hall–Kier alpha value is -1.59. The molecule has 0 bridgehead atoms. The Labute approximate surface area is 112 Å². The molecule has 0 aliphatic carbocycles.